The van der Waals surface area contributed by atoms with Crippen LogP contribution >= 0.6 is 0 Å². The summed E-state index contributed by atoms with van der Waals surface area (Å²) in [6.07, 6.45) is 3.78. The maximum absolute atomic E-state index is 12.4. The molecule has 0 bridgehead atoms. The van der Waals surface area contributed by atoms with E-state index in [4.69, 9.17) is 0 Å². The molecule has 0 radical (unpaired) electrons. The number of nitro groups is 1. The topological polar surface area (TPSA) is 135 Å². The SMILES string of the molecule is CCCCCCNC(=O)c1c(O)n(O)c(=O)c2cc([N+](=O)[O-])ccc12. The third kappa shape index (κ3) is 3.70. The van der Waals surface area contributed by atoms with E-state index in [1.165, 1.54) is 6.07 Å². The first kappa shape index (κ1) is 18.2. The van der Waals surface area contributed by atoms with E-state index in [1.54, 1.807) is 0 Å². The van der Waals surface area contributed by atoms with Crippen molar-refractivity contribution in [3.05, 3.63) is 44.2 Å². The molecular weight excluding hydrogens is 330 g/mol. The summed E-state index contributed by atoms with van der Waals surface area (Å²) in [4.78, 5) is 34.6. The van der Waals surface area contributed by atoms with E-state index in [0.29, 0.717) is 6.54 Å². The zero-order valence-electron chi connectivity index (χ0n) is 13.7. The van der Waals surface area contributed by atoms with Crippen LogP contribution in [-0.2, 0) is 0 Å². The third-order valence-corrected chi connectivity index (χ3v) is 3.87. The molecule has 0 atom stereocenters. The second kappa shape index (κ2) is 7.65. The fourth-order valence-corrected chi connectivity index (χ4v) is 2.54. The Bertz CT molecular complexity index is 874. The number of amides is 1. The quantitative estimate of drug-likeness (QED) is 0.303. The molecule has 0 unspecified atom stereocenters. The fraction of sp³-hybridized carbons (Fsp3) is 0.375. The molecule has 2 rings (SSSR count). The molecule has 9 heteroatoms. The summed E-state index contributed by atoms with van der Waals surface area (Å²) in [6, 6.07) is 3.30. The minimum Gasteiger partial charge on any atom is -0.492 e. The van der Waals surface area contributed by atoms with Crippen LogP contribution in [0.25, 0.3) is 10.8 Å². The molecule has 1 aromatic heterocycles. The smallest absolute Gasteiger partial charge is 0.294 e. The van der Waals surface area contributed by atoms with Gasteiger partial charge in [-0.25, -0.2) is 0 Å². The second-order valence-electron chi connectivity index (χ2n) is 5.62. The Balaban J connectivity index is 2.43. The minimum absolute atomic E-state index is 0.0319. The monoisotopic (exact) mass is 349 g/mol. The van der Waals surface area contributed by atoms with Crippen molar-refractivity contribution in [1.82, 2.24) is 10.0 Å². The van der Waals surface area contributed by atoms with Gasteiger partial charge in [0.2, 0.25) is 5.88 Å². The third-order valence-electron chi connectivity index (χ3n) is 3.87. The molecule has 0 spiro atoms. The number of aromatic nitrogens is 1. The van der Waals surface area contributed by atoms with Gasteiger partial charge in [-0.05, 0) is 12.5 Å². The average Bonchev–Trinajstić information content (AvgIpc) is 2.59. The molecule has 1 amide bonds. The largest absolute Gasteiger partial charge is 0.492 e. The highest BCUT2D eigenvalue weighted by Gasteiger charge is 2.23. The summed E-state index contributed by atoms with van der Waals surface area (Å²) < 4.78 is -0.0853. The van der Waals surface area contributed by atoms with Crippen molar-refractivity contribution in [3.63, 3.8) is 0 Å². The number of fused-ring (bicyclic) bond motifs is 1. The van der Waals surface area contributed by atoms with Crippen molar-refractivity contribution >= 4 is 22.4 Å². The lowest BCUT2D eigenvalue weighted by molar-refractivity contribution is -0.384. The van der Waals surface area contributed by atoms with Crippen molar-refractivity contribution in [2.24, 2.45) is 0 Å². The normalized spacial score (nSPS) is 10.8. The molecule has 3 N–H and O–H groups in total. The number of benzene rings is 1. The summed E-state index contributed by atoms with van der Waals surface area (Å²) in [6.45, 7) is 2.43. The predicted molar refractivity (Wildman–Crippen MR) is 90.2 cm³/mol. The molecule has 0 saturated carbocycles. The number of nitrogens with zero attached hydrogens (tertiary/aromatic N) is 2. The number of carbonyl (C=O) groups excluding carboxylic acids is 1. The van der Waals surface area contributed by atoms with Gasteiger partial charge in [-0.1, -0.05) is 26.2 Å². The number of rotatable bonds is 7. The van der Waals surface area contributed by atoms with Crippen molar-refractivity contribution in [2.75, 3.05) is 6.54 Å². The average molecular weight is 349 g/mol. The van der Waals surface area contributed by atoms with Gasteiger partial charge >= 0.3 is 0 Å². The molecule has 0 fully saturated rings. The van der Waals surface area contributed by atoms with Crippen LogP contribution in [0.5, 0.6) is 5.88 Å². The lowest BCUT2D eigenvalue weighted by Gasteiger charge is -2.11. The lowest BCUT2D eigenvalue weighted by Crippen LogP contribution is -2.28. The molecule has 1 aromatic carbocycles. The van der Waals surface area contributed by atoms with Crippen LogP contribution in [-0.4, -0.2) is 32.4 Å². The van der Waals surface area contributed by atoms with E-state index in [-0.39, 0.29) is 26.8 Å². The number of unbranched alkanes of at least 4 members (excludes halogenated alkanes) is 3. The van der Waals surface area contributed by atoms with Gasteiger partial charge in [-0.2, -0.15) is 0 Å². The summed E-state index contributed by atoms with van der Waals surface area (Å²) in [5.41, 5.74) is -1.71. The van der Waals surface area contributed by atoms with Gasteiger partial charge in [-0.3, -0.25) is 19.7 Å². The highest BCUT2D eigenvalue weighted by atomic mass is 16.6. The van der Waals surface area contributed by atoms with Crippen LogP contribution in [0.15, 0.2) is 23.0 Å². The first-order chi connectivity index (χ1) is 11.9. The van der Waals surface area contributed by atoms with Crippen LogP contribution in [0, 0.1) is 10.1 Å². The van der Waals surface area contributed by atoms with Crippen molar-refractivity contribution in [1.29, 1.82) is 0 Å². The lowest BCUT2D eigenvalue weighted by atomic mass is 10.1. The number of pyridine rings is 1. The van der Waals surface area contributed by atoms with Crippen LogP contribution < -0.4 is 10.9 Å². The molecule has 0 aliphatic carbocycles. The number of hydrogen-bond acceptors (Lipinski definition) is 6. The van der Waals surface area contributed by atoms with E-state index in [0.717, 1.165) is 37.8 Å². The molecule has 9 nitrogen and oxygen atoms in total. The Morgan fingerprint density at radius 2 is 2.00 bits per heavy atom. The van der Waals surface area contributed by atoms with Crippen LogP contribution in [0.4, 0.5) is 5.69 Å². The van der Waals surface area contributed by atoms with E-state index < -0.39 is 22.3 Å². The van der Waals surface area contributed by atoms with Gasteiger partial charge < -0.3 is 15.6 Å². The van der Waals surface area contributed by atoms with Gasteiger partial charge in [0.15, 0.2) is 0 Å². The highest BCUT2D eigenvalue weighted by Crippen LogP contribution is 2.26. The molecular formula is C16H19N3O6. The van der Waals surface area contributed by atoms with Gasteiger partial charge in [0.1, 0.15) is 5.56 Å². The Kier molecular flexibility index (Phi) is 5.58. The Labute approximate surface area is 142 Å². The van der Waals surface area contributed by atoms with Gasteiger partial charge in [-0.15, -0.1) is 4.73 Å². The Morgan fingerprint density at radius 1 is 1.28 bits per heavy atom. The van der Waals surface area contributed by atoms with E-state index in [2.05, 4.69) is 12.2 Å². The van der Waals surface area contributed by atoms with Crippen molar-refractivity contribution in [2.45, 2.75) is 32.6 Å². The zero-order chi connectivity index (χ0) is 18.6. The summed E-state index contributed by atoms with van der Waals surface area (Å²) in [7, 11) is 0. The van der Waals surface area contributed by atoms with Crippen molar-refractivity contribution < 1.29 is 20.0 Å². The summed E-state index contributed by atoms with van der Waals surface area (Å²) >= 11 is 0. The zero-order valence-corrected chi connectivity index (χ0v) is 13.7. The molecule has 0 aliphatic rings. The molecule has 0 aliphatic heterocycles. The maximum Gasteiger partial charge on any atom is 0.294 e. The minimum atomic E-state index is -1.05. The summed E-state index contributed by atoms with van der Waals surface area (Å²) in [5, 5.41) is 33.0. The van der Waals surface area contributed by atoms with Gasteiger partial charge in [0.25, 0.3) is 17.2 Å². The summed E-state index contributed by atoms with van der Waals surface area (Å²) in [5.74, 6) is -1.58. The number of hydrogen-bond donors (Lipinski definition) is 3. The fourth-order valence-electron chi connectivity index (χ4n) is 2.54. The van der Waals surface area contributed by atoms with Crippen molar-refractivity contribution in [3.8, 4) is 5.88 Å². The van der Waals surface area contributed by atoms with Crippen LogP contribution in [0.3, 0.4) is 0 Å². The molecule has 25 heavy (non-hydrogen) atoms. The van der Waals surface area contributed by atoms with Gasteiger partial charge in [0, 0.05) is 24.1 Å². The van der Waals surface area contributed by atoms with E-state index >= 15 is 0 Å². The second-order valence-corrected chi connectivity index (χ2v) is 5.62. The molecule has 0 saturated heterocycles. The molecule has 134 valence electrons. The van der Waals surface area contributed by atoms with Crippen LogP contribution in [0.2, 0.25) is 0 Å². The number of aromatic hydroxyl groups is 1. The number of nitrogens with one attached hydrogen (secondary N) is 1. The standard InChI is InChI=1S/C16H19N3O6/c1-2-3-4-5-8-17-14(20)13-11-7-6-10(19(24)25)9-12(11)15(21)18(23)16(13)22/h6-7,9,22-23H,2-5,8H2,1H3,(H,17,20). The first-order valence-corrected chi connectivity index (χ1v) is 7.92. The van der Waals surface area contributed by atoms with E-state index in [9.17, 15) is 30.0 Å². The Hall–Kier alpha value is -3.10. The highest BCUT2D eigenvalue weighted by molar-refractivity contribution is 6.09. The van der Waals surface area contributed by atoms with E-state index in [1.807, 2.05) is 0 Å². The van der Waals surface area contributed by atoms with Gasteiger partial charge in [0.05, 0.1) is 10.3 Å². The first-order valence-electron chi connectivity index (χ1n) is 7.92. The molecule has 1 heterocycles. The number of non-ortho nitro benzene ring substituents is 1. The predicted octanol–water partition coefficient (Wildman–Crippen LogP) is 2.16. The van der Waals surface area contributed by atoms with Crippen LogP contribution in [0.1, 0.15) is 43.0 Å². The number of carbonyl (C=O) groups is 1. The maximum atomic E-state index is 12.4. The Morgan fingerprint density at radius 3 is 2.64 bits per heavy atom. The number of nitro benzene ring substituents is 1. The molecule has 2 aromatic rings.